The number of thioether (sulfide) groups is 1. The second-order valence-corrected chi connectivity index (χ2v) is 9.68. The molecule has 0 unspecified atom stereocenters. The number of nitrogens with one attached hydrogen (secondary N) is 1. The Morgan fingerprint density at radius 2 is 1.86 bits per heavy atom. The van der Waals surface area contributed by atoms with Crippen LogP contribution in [0.2, 0.25) is 0 Å². The predicted octanol–water partition coefficient (Wildman–Crippen LogP) is 3.59. The first-order chi connectivity index (χ1) is 13.4. The molecule has 0 spiro atoms. The van der Waals surface area contributed by atoms with Crippen LogP contribution in [0.3, 0.4) is 0 Å². The van der Waals surface area contributed by atoms with E-state index in [0.717, 1.165) is 17.1 Å². The monoisotopic (exact) mass is 420 g/mol. The lowest BCUT2D eigenvalue weighted by molar-refractivity contribution is -0.121. The van der Waals surface area contributed by atoms with E-state index in [2.05, 4.69) is 17.4 Å². The first-order valence-corrected chi connectivity index (χ1v) is 12.3. The maximum atomic E-state index is 12.1. The molecule has 1 N–H and O–H groups in total. The Bertz CT molecular complexity index is 855. The first kappa shape index (κ1) is 22.3. The molecular weight excluding hydrogens is 392 g/mol. The van der Waals surface area contributed by atoms with Gasteiger partial charge in [0.1, 0.15) is 0 Å². The van der Waals surface area contributed by atoms with E-state index in [0.29, 0.717) is 31.6 Å². The molecule has 0 aliphatic carbocycles. The summed E-state index contributed by atoms with van der Waals surface area (Å²) in [6, 6.07) is 17.6. The van der Waals surface area contributed by atoms with E-state index in [1.54, 1.807) is 17.8 Å². The largest absolute Gasteiger partial charge is 0.355 e. The Kier molecular flexibility index (Phi) is 8.86. The van der Waals surface area contributed by atoms with E-state index >= 15 is 0 Å². The highest BCUT2D eigenvalue weighted by atomic mass is 32.2. The van der Waals surface area contributed by atoms with E-state index < -0.39 is 10.0 Å². The summed E-state index contributed by atoms with van der Waals surface area (Å²) in [5.41, 5.74) is 2.91. The van der Waals surface area contributed by atoms with Crippen molar-refractivity contribution in [3.63, 3.8) is 0 Å². The van der Waals surface area contributed by atoms with Crippen LogP contribution in [0.5, 0.6) is 0 Å². The predicted molar refractivity (Wildman–Crippen MR) is 118 cm³/mol. The van der Waals surface area contributed by atoms with Crippen LogP contribution < -0.4 is 9.62 Å². The maximum absolute atomic E-state index is 12.1. The van der Waals surface area contributed by atoms with E-state index in [1.165, 1.54) is 16.1 Å². The Morgan fingerprint density at radius 1 is 1.11 bits per heavy atom. The Labute approximate surface area is 172 Å². The molecule has 1 amide bonds. The molecule has 0 heterocycles. The topological polar surface area (TPSA) is 66.5 Å². The van der Waals surface area contributed by atoms with Gasteiger partial charge in [-0.05, 0) is 36.6 Å². The maximum Gasteiger partial charge on any atom is 0.232 e. The molecule has 28 heavy (non-hydrogen) atoms. The van der Waals surface area contributed by atoms with E-state index in [4.69, 9.17) is 0 Å². The molecule has 0 radical (unpaired) electrons. The molecule has 0 saturated carbocycles. The first-order valence-electron chi connectivity index (χ1n) is 9.29. The molecule has 152 valence electrons. The summed E-state index contributed by atoms with van der Waals surface area (Å²) >= 11 is 1.78. The number of carbonyl (C=O) groups is 1. The zero-order chi connectivity index (χ0) is 20.4. The van der Waals surface area contributed by atoms with Crippen LogP contribution in [0.1, 0.15) is 24.0 Å². The number of hydrogen-bond donors (Lipinski definition) is 1. The fourth-order valence-electron chi connectivity index (χ4n) is 2.77. The number of anilines is 1. The van der Waals surface area contributed by atoms with Crippen LogP contribution in [0.15, 0.2) is 54.6 Å². The number of aryl methyl sites for hydroxylation is 1. The van der Waals surface area contributed by atoms with Gasteiger partial charge in [0, 0.05) is 31.0 Å². The summed E-state index contributed by atoms with van der Waals surface area (Å²) in [5.74, 6) is 1.73. The lowest BCUT2D eigenvalue weighted by atomic mass is 10.2. The van der Waals surface area contributed by atoms with Crippen molar-refractivity contribution in [2.24, 2.45) is 0 Å². The van der Waals surface area contributed by atoms with Gasteiger partial charge >= 0.3 is 0 Å². The summed E-state index contributed by atoms with van der Waals surface area (Å²) in [6.07, 6.45) is 1.98. The van der Waals surface area contributed by atoms with Crippen molar-refractivity contribution in [1.82, 2.24) is 5.32 Å². The van der Waals surface area contributed by atoms with Gasteiger partial charge in [-0.3, -0.25) is 9.10 Å². The van der Waals surface area contributed by atoms with Gasteiger partial charge in [0.05, 0.1) is 11.9 Å². The molecule has 0 saturated heterocycles. The van der Waals surface area contributed by atoms with E-state index in [1.807, 2.05) is 43.3 Å². The molecule has 2 aromatic carbocycles. The highest BCUT2D eigenvalue weighted by Crippen LogP contribution is 2.19. The van der Waals surface area contributed by atoms with Crippen molar-refractivity contribution in [3.8, 4) is 0 Å². The molecule has 2 aromatic rings. The van der Waals surface area contributed by atoms with Crippen molar-refractivity contribution in [2.45, 2.75) is 25.5 Å². The van der Waals surface area contributed by atoms with Gasteiger partial charge in [-0.2, -0.15) is 11.8 Å². The average molecular weight is 421 g/mol. The summed E-state index contributed by atoms with van der Waals surface area (Å²) in [6.45, 7) is 2.83. The van der Waals surface area contributed by atoms with Gasteiger partial charge in [-0.1, -0.05) is 42.5 Å². The lowest BCUT2D eigenvalue weighted by Gasteiger charge is -2.22. The third-order valence-corrected chi connectivity index (χ3v) is 6.36. The number of rotatable bonds is 11. The van der Waals surface area contributed by atoms with Gasteiger partial charge in [-0.15, -0.1) is 0 Å². The minimum atomic E-state index is -3.39. The number of benzene rings is 2. The number of carbonyl (C=O) groups excluding carboxylic acids is 1. The fourth-order valence-corrected chi connectivity index (χ4v) is 4.54. The molecule has 2 rings (SSSR count). The molecule has 0 aliphatic heterocycles. The van der Waals surface area contributed by atoms with Crippen molar-refractivity contribution in [3.05, 3.63) is 65.7 Å². The highest BCUT2D eigenvalue weighted by Gasteiger charge is 2.17. The van der Waals surface area contributed by atoms with Crippen LogP contribution in [0, 0.1) is 6.92 Å². The van der Waals surface area contributed by atoms with Crippen LogP contribution in [-0.2, 0) is 20.6 Å². The number of nitrogens with zero attached hydrogens (tertiary/aromatic N) is 1. The number of hydrogen-bond acceptors (Lipinski definition) is 4. The summed E-state index contributed by atoms with van der Waals surface area (Å²) in [4.78, 5) is 12.0. The molecular formula is C21H28N2O3S2. The molecule has 0 bridgehead atoms. The summed E-state index contributed by atoms with van der Waals surface area (Å²) < 4.78 is 25.6. The van der Waals surface area contributed by atoms with Crippen LogP contribution >= 0.6 is 11.8 Å². The van der Waals surface area contributed by atoms with Gasteiger partial charge in [-0.25, -0.2) is 8.42 Å². The fraction of sp³-hybridized carbons (Fsp3) is 0.381. The standard InChI is InChI=1S/C21H28N2O3S2/c1-18-8-6-11-20(16-18)23(28(2,25)26)14-7-12-21(24)22-13-15-27-17-19-9-4-3-5-10-19/h3-6,8-11,16H,7,12-15,17H2,1-2H3,(H,22,24). The van der Waals surface area contributed by atoms with Gasteiger partial charge < -0.3 is 5.32 Å². The minimum absolute atomic E-state index is 0.0435. The van der Waals surface area contributed by atoms with Crippen molar-refractivity contribution in [2.75, 3.05) is 29.4 Å². The normalized spacial score (nSPS) is 11.2. The van der Waals surface area contributed by atoms with Crippen LogP contribution in [-0.4, -0.2) is 39.4 Å². The molecule has 0 aromatic heterocycles. The van der Waals surface area contributed by atoms with Gasteiger partial charge in [0.25, 0.3) is 0 Å². The Morgan fingerprint density at radius 3 is 2.54 bits per heavy atom. The zero-order valence-corrected chi connectivity index (χ0v) is 18.1. The summed E-state index contributed by atoms with van der Waals surface area (Å²) in [5, 5.41) is 2.90. The highest BCUT2D eigenvalue weighted by molar-refractivity contribution is 7.98. The third-order valence-electron chi connectivity index (χ3n) is 4.14. The van der Waals surface area contributed by atoms with Gasteiger partial charge in [0.2, 0.25) is 15.9 Å². The van der Waals surface area contributed by atoms with Crippen LogP contribution in [0.25, 0.3) is 0 Å². The Balaban J connectivity index is 1.69. The van der Waals surface area contributed by atoms with Crippen molar-refractivity contribution in [1.29, 1.82) is 0 Å². The number of amides is 1. The second-order valence-electron chi connectivity index (χ2n) is 6.67. The van der Waals surface area contributed by atoms with Crippen molar-refractivity contribution >= 4 is 33.4 Å². The molecule has 7 heteroatoms. The van der Waals surface area contributed by atoms with Crippen LogP contribution in [0.4, 0.5) is 5.69 Å². The average Bonchev–Trinajstić information content (AvgIpc) is 2.65. The number of sulfonamides is 1. The van der Waals surface area contributed by atoms with E-state index in [-0.39, 0.29) is 5.91 Å². The summed E-state index contributed by atoms with van der Waals surface area (Å²) in [7, 11) is -3.39. The minimum Gasteiger partial charge on any atom is -0.355 e. The van der Waals surface area contributed by atoms with E-state index in [9.17, 15) is 13.2 Å². The third kappa shape index (κ3) is 7.94. The smallest absolute Gasteiger partial charge is 0.232 e. The van der Waals surface area contributed by atoms with Gasteiger partial charge in [0.15, 0.2) is 0 Å². The molecule has 0 fully saturated rings. The zero-order valence-electron chi connectivity index (χ0n) is 16.4. The molecule has 0 aliphatic rings. The second kappa shape index (κ2) is 11.1. The SMILES string of the molecule is Cc1cccc(N(CCCC(=O)NCCSCc2ccccc2)S(C)(=O)=O)c1. The molecule has 0 atom stereocenters. The quantitative estimate of drug-likeness (QED) is 0.564. The lowest BCUT2D eigenvalue weighted by Crippen LogP contribution is -2.32. The van der Waals surface area contributed by atoms with Crippen molar-refractivity contribution < 1.29 is 13.2 Å². The molecule has 5 nitrogen and oxygen atoms in total. The Hall–Kier alpha value is -1.99.